The van der Waals surface area contributed by atoms with Gasteiger partial charge in [0.25, 0.3) is 5.69 Å². The molecule has 0 amide bonds. The molecule has 1 aromatic rings. The molecule has 1 N–H and O–H groups in total. The number of hydrogen-bond acceptors (Lipinski definition) is 4. The number of hydrogen-bond donors (Lipinski definition) is 1. The number of nitro groups is 1. The molecule has 1 aliphatic heterocycles. The summed E-state index contributed by atoms with van der Waals surface area (Å²) in [5.74, 6) is 0.721. The Labute approximate surface area is 126 Å². The highest BCUT2D eigenvalue weighted by Gasteiger charge is 2.20. The van der Waals surface area contributed by atoms with E-state index in [0.29, 0.717) is 0 Å². The van der Waals surface area contributed by atoms with Crippen LogP contribution in [0.5, 0.6) is 0 Å². The van der Waals surface area contributed by atoms with Gasteiger partial charge in [0.05, 0.1) is 4.92 Å². The molecule has 0 saturated carbocycles. The second-order valence-corrected chi connectivity index (χ2v) is 6.11. The van der Waals surface area contributed by atoms with Crippen molar-refractivity contribution in [1.29, 1.82) is 0 Å². The van der Waals surface area contributed by atoms with Crippen LogP contribution in [0.2, 0.25) is 0 Å². The van der Waals surface area contributed by atoms with Crippen LogP contribution in [0.25, 0.3) is 0 Å². The minimum absolute atomic E-state index is 0.194. The first-order chi connectivity index (χ1) is 9.99. The van der Waals surface area contributed by atoms with Gasteiger partial charge < -0.3 is 5.32 Å². The smallest absolute Gasteiger partial charge is 0.272 e. The van der Waals surface area contributed by atoms with Crippen molar-refractivity contribution in [3.05, 3.63) is 39.4 Å². The molecular weight excluding hydrogens is 266 g/mol. The Hall–Kier alpha value is -1.46. The Balaban J connectivity index is 2.06. The van der Waals surface area contributed by atoms with E-state index in [-0.39, 0.29) is 16.7 Å². The van der Waals surface area contributed by atoms with Crippen LogP contribution in [-0.4, -0.2) is 36.5 Å². The summed E-state index contributed by atoms with van der Waals surface area (Å²) in [4.78, 5) is 13.1. The standard InChI is InChI=1S/C16H25N3O2/c1-12-4-5-15(10-16(12)19(20)21)13(2)18(3)11-14-6-8-17-9-7-14/h4-5,10,13-14,17H,6-9,11H2,1-3H3. The van der Waals surface area contributed by atoms with E-state index in [1.54, 1.807) is 13.0 Å². The van der Waals surface area contributed by atoms with Crippen molar-refractivity contribution in [3.8, 4) is 0 Å². The van der Waals surface area contributed by atoms with E-state index < -0.39 is 0 Å². The Morgan fingerprint density at radius 1 is 1.43 bits per heavy atom. The molecule has 0 bridgehead atoms. The van der Waals surface area contributed by atoms with E-state index in [9.17, 15) is 10.1 Å². The van der Waals surface area contributed by atoms with Gasteiger partial charge in [0.1, 0.15) is 0 Å². The molecule has 116 valence electrons. The second kappa shape index (κ2) is 7.00. The molecule has 0 spiro atoms. The number of piperidine rings is 1. The number of nitrogens with zero attached hydrogens (tertiary/aromatic N) is 2. The number of nitro benzene ring substituents is 1. The lowest BCUT2D eigenvalue weighted by atomic mass is 9.96. The first kappa shape index (κ1) is 15.9. The van der Waals surface area contributed by atoms with Gasteiger partial charge in [-0.15, -0.1) is 0 Å². The fourth-order valence-electron chi connectivity index (χ4n) is 2.97. The van der Waals surface area contributed by atoms with Crippen LogP contribution in [0.3, 0.4) is 0 Å². The Morgan fingerprint density at radius 2 is 2.10 bits per heavy atom. The van der Waals surface area contributed by atoms with Crippen molar-refractivity contribution < 1.29 is 4.92 Å². The van der Waals surface area contributed by atoms with Crippen molar-refractivity contribution in [2.75, 3.05) is 26.7 Å². The molecule has 1 unspecified atom stereocenters. The third-order valence-electron chi connectivity index (χ3n) is 4.58. The van der Waals surface area contributed by atoms with E-state index in [2.05, 4.69) is 24.2 Å². The largest absolute Gasteiger partial charge is 0.317 e. The van der Waals surface area contributed by atoms with Crippen LogP contribution in [0.1, 0.15) is 36.9 Å². The highest BCUT2D eigenvalue weighted by Crippen LogP contribution is 2.27. The molecule has 0 aliphatic carbocycles. The van der Waals surface area contributed by atoms with Gasteiger partial charge in [0.2, 0.25) is 0 Å². The summed E-state index contributed by atoms with van der Waals surface area (Å²) in [6.07, 6.45) is 2.43. The van der Waals surface area contributed by atoms with Crippen molar-refractivity contribution in [2.24, 2.45) is 5.92 Å². The van der Waals surface area contributed by atoms with E-state index in [1.165, 1.54) is 12.8 Å². The minimum Gasteiger partial charge on any atom is -0.317 e. The summed E-state index contributed by atoms with van der Waals surface area (Å²) in [6.45, 7) is 7.15. The third-order valence-corrected chi connectivity index (χ3v) is 4.58. The van der Waals surface area contributed by atoms with Crippen molar-refractivity contribution in [2.45, 2.75) is 32.7 Å². The number of benzene rings is 1. The van der Waals surface area contributed by atoms with Crippen molar-refractivity contribution >= 4 is 5.69 Å². The zero-order chi connectivity index (χ0) is 15.4. The lowest BCUT2D eigenvalue weighted by Crippen LogP contribution is -2.35. The van der Waals surface area contributed by atoms with Gasteiger partial charge in [0.15, 0.2) is 0 Å². The Morgan fingerprint density at radius 3 is 2.71 bits per heavy atom. The maximum absolute atomic E-state index is 11.1. The minimum atomic E-state index is -0.293. The molecule has 1 atom stereocenters. The summed E-state index contributed by atoms with van der Waals surface area (Å²) in [5.41, 5.74) is 1.95. The summed E-state index contributed by atoms with van der Waals surface area (Å²) >= 11 is 0. The second-order valence-electron chi connectivity index (χ2n) is 6.11. The van der Waals surface area contributed by atoms with Crippen LogP contribution in [0.15, 0.2) is 18.2 Å². The molecule has 1 aliphatic rings. The van der Waals surface area contributed by atoms with Gasteiger partial charge in [0, 0.05) is 24.2 Å². The normalized spacial score (nSPS) is 17.9. The van der Waals surface area contributed by atoms with E-state index >= 15 is 0 Å². The lowest BCUT2D eigenvalue weighted by Gasteiger charge is -2.31. The molecule has 1 heterocycles. The summed E-state index contributed by atoms with van der Waals surface area (Å²) in [6, 6.07) is 5.77. The van der Waals surface area contributed by atoms with Crippen LogP contribution >= 0.6 is 0 Å². The molecule has 0 radical (unpaired) electrons. The molecular formula is C16H25N3O2. The number of rotatable bonds is 5. The first-order valence-electron chi connectivity index (χ1n) is 7.65. The molecule has 1 saturated heterocycles. The molecule has 2 rings (SSSR count). The van der Waals surface area contributed by atoms with Gasteiger partial charge in [-0.25, -0.2) is 0 Å². The maximum atomic E-state index is 11.1. The first-order valence-corrected chi connectivity index (χ1v) is 7.65. The van der Waals surface area contributed by atoms with E-state index in [0.717, 1.165) is 36.7 Å². The Bertz CT molecular complexity index is 498. The maximum Gasteiger partial charge on any atom is 0.272 e. The highest BCUT2D eigenvalue weighted by molar-refractivity contribution is 5.43. The molecule has 1 fully saturated rings. The van der Waals surface area contributed by atoms with Crippen molar-refractivity contribution in [1.82, 2.24) is 10.2 Å². The summed E-state index contributed by atoms with van der Waals surface area (Å²) in [7, 11) is 2.11. The van der Waals surface area contributed by atoms with Crippen molar-refractivity contribution in [3.63, 3.8) is 0 Å². The quantitative estimate of drug-likeness (QED) is 0.669. The zero-order valence-electron chi connectivity index (χ0n) is 13.1. The molecule has 1 aromatic carbocycles. The average Bonchev–Trinajstić information content (AvgIpc) is 2.47. The fraction of sp³-hybridized carbons (Fsp3) is 0.625. The summed E-state index contributed by atoms with van der Waals surface area (Å²) < 4.78 is 0. The average molecular weight is 291 g/mol. The topological polar surface area (TPSA) is 58.4 Å². The highest BCUT2D eigenvalue weighted by atomic mass is 16.6. The lowest BCUT2D eigenvalue weighted by molar-refractivity contribution is -0.385. The predicted octanol–water partition coefficient (Wildman–Crippen LogP) is 2.90. The number of aryl methyl sites for hydroxylation is 1. The molecule has 0 aromatic heterocycles. The van der Waals surface area contributed by atoms with Gasteiger partial charge in [-0.1, -0.05) is 12.1 Å². The van der Waals surface area contributed by atoms with Crippen LogP contribution in [0.4, 0.5) is 5.69 Å². The van der Waals surface area contributed by atoms with Gasteiger partial charge >= 0.3 is 0 Å². The molecule has 21 heavy (non-hydrogen) atoms. The Kier molecular flexibility index (Phi) is 5.31. The predicted molar refractivity (Wildman–Crippen MR) is 84.5 cm³/mol. The van der Waals surface area contributed by atoms with Crippen LogP contribution in [-0.2, 0) is 0 Å². The van der Waals surface area contributed by atoms with E-state index in [1.807, 2.05) is 12.1 Å². The van der Waals surface area contributed by atoms with Gasteiger partial charge in [-0.05, 0) is 58.3 Å². The fourth-order valence-corrected chi connectivity index (χ4v) is 2.97. The molecule has 5 nitrogen and oxygen atoms in total. The monoisotopic (exact) mass is 291 g/mol. The van der Waals surface area contributed by atoms with Crippen LogP contribution < -0.4 is 5.32 Å². The third kappa shape index (κ3) is 4.02. The summed E-state index contributed by atoms with van der Waals surface area (Å²) in [5, 5.41) is 14.4. The van der Waals surface area contributed by atoms with E-state index in [4.69, 9.17) is 0 Å². The number of nitrogens with one attached hydrogen (secondary N) is 1. The van der Waals surface area contributed by atoms with Crippen LogP contribution in [0, 0.1) is 23.0 Å². The van der Waals surface area contributed by atoms with Gasteiger partial charge in [-0.2, -0.15) is 0 Å². The SMILES string of the molecule is Cc1ccc(C(C)N(C)CC2CCNCC2)cc1[N+](=O)[O-]. The van der Waals surface area contributed by atoms with Gasteiger partial charge in [-0.3, -0.25) is 15.0 Å². The molecule has 5 heteroatoms. The zero-order valence-corrected chi connectivity index (χ0v) is 13.1.